The molecule has 108 valence electrons. The van der Waals surface area contributed by atoms with Gasteiger partial charge in [0.1, 0.15) is 0 Å². The van der Waals surface area contributed by atoms with Crippen molar-refractivity contribution in [3.8, 4) is 0 Å². The van der Waals surface area contributed by atoms with E-state index in [-0.39, 0.29) is 6.04 Å². The smallest absolute Gasteiger partial charge is 0.239 e. The van der Waals surface area contributed by atoms with Crippen LogP contribution in [0.4, 0.5) is 0 Å². The summed E-state index contributed by atoms with van der Waals surface area (Å²) in [4.78, 5) is 0. The molecule has 4 aliphatic rings. The molecule has 0 aromatic carbocycles. The molecule has 1 heterocycles. The average Bonchev–Trinajstić information content (AvgIpc) is 2.85. The minimum atomic E-state index is 0.161. The first kappa shape index (κ1) is 12.6. The molecule has 0 aliphatic heterocycles. The van der Waals surface area contributed by atoms with Crippen LogP contribution >= 0.6 is 0 Å². The first-order valence-electron chi connectivity index (χ1n) is 7.87. The van der Waals surface area contributed by atoms with Gasteiger partial charge in [-0.15, -0.1) is 10.2 Å². The van der Waals surface area contributed by atoms with E-state index in [0.29, 0.717) is 23.6 Å². The van der Waals surface area contributed by atoms with E-state index in [1.54, 1.807) is 6.08 Å². The van der Waals surface area contributed by atoms with E-state index < -0.39 is 0 Å². The molecule has 4 aliphatic carbocycles. The van der Waals surface area contributed by atoms with Gasteiger partial charge in [0.15, 0.2) is 0 Å². The molecule has 2 N–H and O–H groups in total. The molecule has 4 heteroatoms. The molecule has 1 atom stereocenters. The van der Waals surface area contributed by atoms with Crippen LogP contribution in [0.3, 0.4) is 0 Å². The van der Waals surface area contributed by atoms with E-state index in [9.17, 15) is 0 Å². The van der Waals surface area contributed by atoms with Crippen molar-refractivity contribution in [3.63, 3.8) is 0 Å². The molecular weight excluding hydrogens is 250 g/mol. The zero-order valence-corrected chi connectivity index (χ0v) is 11.9. The predicted molar refractivity (Wildman–Crippen MR) is 76.7 cm³/mol. The van der Waals surface area contributed by atoms with Gasteiger partial charge >= 0.3 is 0 Å². The fourth-order valence-electron chi connectivity index (χ4n) is 5.47. The van der Waals surface area contributed by atoms with E-state index in [1.807, 2.05) is 0 Å². The Labute approximate surface area is 119 Å². The summed E-state index contributed by atoms with van der Waals surface area (Å²) in [6.07, 6.45) is 10.6. The lowest BCUT2D eigenvalue weighted by Crippen LogP contribution is -2.55. The van der Waals surface area contributed by atoms with Crippen molar-refractivity contribution in [3.05, 3.63) is 18.4 Å². The summed E-state index contributed by atoms with van der Waals surface area (Å²) in [5.41, 5.74) is 6.95. The molecule has 1 unspecified atom stereocenters. The van der Waals surface area contributed by atoms with Crippen molar-refractivity contribution < 1.29 is 4.42 Å². The zero-order chi connectivity index (χ0) is 13.7. The molecule has 20 heavy (non-hydrogen) atoms. The lowest BCUT2D eigenvalue weighted by atomic mass is 9.47. The van der Waals surface area contributed by atoms with Crippen molar-refractivity contribution in [2.24, 2.45) is 28.9 Å². The number of hydrogen-bond donors (Lipinski definition) is 1. The van der Waals surface area contributed by atoms with Crippen molar-refractivity contribution in [2.75, 3.05) is 0 Å². The van der Waals surface area contributed by atoms with Gasteiger partial charge in [-0.1, -0.05) is 6.58 Å². The van der Waals surface area contributed by atoms with E-state index in [0.717, 1.165) is 17.8 Å². The van der Waals surface area contributed by atoms with E-state index >= 15 is 0 Å². The van der Waals surface area contributed by atoms with E-state index in [1.165, 1.54) is 38.5 Å². The molecule has 4 fully saturated rings. The number of rotatable bonds is 4. The fourth-order valence-corrected chi connectivity index (χ4v) is 5.47. The van der Waals surface area contributed by atoms with Gasteiger partial charge in [0.05, 0.1) is 0 Å². The second-order valence-corrected chi connectivity index (χ2v) is 7.33. The Kier molecular flexibility index (Phi) is 2.78. The highest BCUT2D eigenvalue weighted by atomic mass is 16.4. The Bertz CT molecular complexity index is 486. The van der Waals surface area contributed by atoms with Crippen LogP contribution in [0.15, 0.2) is 11.0 Å². The first-order chi connectivity index (χ1) is 9.67. The van der Waals surface area contributed by atoms with Gasteiger partial charge in [-0.05, 0) is 67.8 Å². The lowest BCUT2D eigenvalue weighted by Gasteiger charge is -2.58. The Balaban J connectivity index is 1.52. The molecule has 0 saturated heterocycles. The van der Waals surface area contributed by atoms with Gasteiger partial charge in [0.2, 0.25) is 11.8 Å². The molecule has 0 amide bonds. The number of nitrogens with zero attached hydrogens (tertiary/aromatic N) is 2. The zero-order valence-electron chi connectivity index (χ0n) is 11.9. The van der Waals surface area contributed by atoms with Crippen LogP contribution in [0.5, 0.6) is 0 Å². The molecule has 4 saturated carbocycles. The summed E-state index contributed by atoms with van der Waals surface area (Å²) in [6.45, 7) is 3.65. The summed E-state index contributed by atoms with van der Waals surface area (Å²) in [6, 6.07) is 0.161. The molecule has 1 aromatic heterocycles. The first-order valence-corrected chi connectivity index (χ1v) is 7.87. The third-order valence-corrected chi connectivity index (χ3v) is 5.92. The second kappa shape index (κ2) is 4.42. The van der Waals surface area contributed by atoms with Gasteiger partial charge in [-0.25, -0.2) is 0 Å². The number of hydrogen-bond acceptors (Lipinski definition) is 4. The largest absolute Gasteiger partial charge is 0.421 e. The minimum Gasteiger partial charge on any atom is -0.421 e. The van der Waals surface area contributed by atoms with Crippen LogP contribution in [-0.2, 0) is 6.42 Å². The quantitative estimate of drug-likeness (QED) is 0.916. The predicted octanol–water partition coefficient (Wildman–Crippen LogP) is 2.80. The van der Waals surface area contributed by atoms with E-state index in [2.05, 4.69) is 16.8 Å². The van der Waals surface area contributed by atoms with Crippen molar-refractivity contribution in [1.82, 2.24) is 10.2 Å². The van der Waals surface area contributed by atoms with E-state index in [4.69, 9.17) is 10.2 Å². The summed E-state index contributed by atoms with van der Waals surface area (Å²) in [5, 5.41) is 8.03. The Morgan fingerprint density at radius 1 is 1.20 bits per heavy atom. The SMILES string of the molecule is C=Cc1nnc(CC(N)C23CC4CC(CC(C4)C2)C3)o1. The standard InChI is InChI=1S/C16H23N3O/c1-2-14-18-19-15(20-14)6-13(17)16-7-10-3-11(8-16)5-12(4-10)9-16/h2,10-13H,1,3-9,17H2. The van der Waals surface area contributed by atoms with Gasteiger partial charge < -0.3 is 10.2 Å². The monoisotopic (exact) mass is 273 g/mol. The molecule has 5 rings (SSSR count). The highest BCUT2D eigenvalue weighted by molar-refractivity contribution is 5.32. The van der Waals surface area contributed by atoms with Crippen molar-refractivity contribution in [2.45, 2.75) is 51.0 Å². The third kappa shape index (κ3) is 1.93. The van der Waals surface area contributed by atoms with Crippen LogP contribution in [0.25, 0.3) is 6.08 Å². The maximum Gasteiger partial charge on any atom is 0.239 e. The lowest BCUT2D eigenvalue weighted by molar-refractivity contribution is -0.0675. The van der Waals surface area contributed by atoms with Crippen LogP contribution < -0.4 is 5.73 Å². The summed E-state index contributed by atoms with van der Waals surface area (Å²) >= 11 is 0. The Morgan fingerprint density at radius 2 is 1.80 bits per heavy atom. The maximum absolute atomic E-state index is 6.60. The number of aromatic nitrogens is 2. The average molecular weight is 273 g/mol. The van der Waals surface area contributed by atoms with Crippen LogP contribution in [0.2, 0.25) is 0 Å². The topological polar surface area (TPSA) is 64.9 Å². The highest BCUT2D eigenvalue weighted by Gasteiger charge is 2.53. The van der Waals surface area contributed by atoms with Crippen LogP contribution in [0, 0.1) is 23.2 Å². The fraction of sp³-hybridized carbons (Fsp3) is 0.750. The third-order valence-electron chi connectivity index (χ3n) is 5.92. The molecule has 4 nitrogen and oxygen atoms in total. The van der Waals surface area contributed by atoms with Crippen molar-refractivity contribution in [1.29, 1.82) is 0 Å². The molecule has 1 aromatic rings. The summed E-state index contributed by atoms with van der Waals surface area (Å²) in [5.74, 6) is 3.96. The minimum absolute atomic E-state index is 0.161. The Morgan fingerprint density at radius 3 is 2.30 bits per heavy atom. The van der Waals surface area contributed by atoms with Crippen LogP contribution in [0.1, 0.15) is 50.3 Å². The molecular formula is C16H23N3O. The maximum atomic E-state index is 6.60. The number of nitrogens with two attached hydrogens (primary N) is 1. The molecule has 4 bridgehead atoms. The summed E-state index contributed by atoms with van der Waals surface area (Å²) < 4.78 is 5.55. The summed E-state index contributed by atoms with van der Waals surface area (Å²) in [7, 11) is 0. The van der Waals surface area contributed by atoms with Crippen LogP contribution in [-0.4, -0.2) is 16.2 Å². The van der Waals surface area contributed by atoms with Gasteiger partial charge in [-0.2, -0.15) is 0 Å². The normalized spacial score (nSPS) is 40.0. The van der Waals surface area contributed by atoms with Gasteiger partial charge in [-0.3, -0.25) is 0 Å². The molecule has 0 radical (unpaired) electrons. The second-order valence-electron chi connectivity index (χ2n) is 7.33. The van der Waals surface area contributed by atoms with Crippen molar-refractivity contribution >= 4 is 6.08 Å². The Hall–Kier alpha value is -1.16. The highest BCUT2D eigenvalue weighted by Crippen LogP contribution is 2.61. The molecule has 0 spiro atoms. The van der Waals surface area contributed by atoms with Gasteiger partial charge in [0.25, 0.3) is 0 Å². The van der Waals surface area contributed by atoms with Gasteiger partial charge in [0, 0.05) is 12.5 Å².